The van der Waals surface area contributed by atoms with Gasteiger partial charge < -0.3 is 20.1 Å². The fourth-order valence-corrected chi connectivity index (χ4v) is 2.85. The summed E-state index contributed by atoms with van der Waals surface area (Å²) in [6, 6.07) is 4.83. The first kappa shape index (κ1) is 22.2. The smallest absolute Gasteiger partial charge is 0.251 e. The zero-order valence-corrected chi connectivity index (χ0v) is 16.8. The Morgan fingerprint density at radius 3 is 2.31 bits per heavy atom. The van der Waals surface area contributed by atoms with E-state index in [2.05, 4.69) is 10.6 Å². The molecule has 0 unspecified atom stereocenters. The van der Waals surface area contributed by atoms with E-state index in [9.17, 15) is 19.2 Å². The molecule has 1 saturated heterocycles. The fraction of sp³-hybridized carbons (Fsp3) is 0.500. The van der Waals surface area contributed by atoms with Crippen molar-refractivity contribution in [3.05, 3.63) is 23.8 Å². The van der Waals surface area contributed by atoms with Crippen molar-refractivity contribution in [2.75, 3.05) is 32.8 Å². The topological polar surface area (TPSA) is 114 Å². The van der Waals surface area contributed by atoms with Gasteiger partial charge in [-0.2, -0.15) is 0 Å². The third kappa shape index (κ3) is 6.48. The summed E-state index contributed by atoms with van der Waals surface area (Å²) in [6.07, 6.45) is 0.981. The van der Waals surface area contributed by atoms with Gasteiger partial charge in [0.05, 0.1) is 19.8 Å². The van der Waals surface area contributed by atoms with Gasteiger partial charge >= 0.3 is 0 Å². The van der Waals surface area contributed by atoms with Crippen molar-refractivity contribution >= 4 is 23.6 Å². The molecule has 9 nitrogen and oxygen atoms in total. The lowest BCUT2D eigenvalue weighted by molar-refractivity contribution is -0.138. The maximum absolute atomic E-state index is 12.3. The SMILES string of the molecule is CCOc1ccc(C(=O)NCC(=O)NCCCN2C(=O)CCC2=O)cc1OCC. The number of nitrogens with zero attached hydrogens (tertiary/aromatic N) is 1. The van der Waals surface area contributed by atoms with Crippen LogP contribution in [0.1, 0.15) is 43.5 Å². The molecule has 0 radical (unpaired) electrons. The molecular formula is C20H27N3O6. The second-order valence-electron chi connectivity index (χ2n) is 6.35. The van der Waals surface area contributed by atoms with Crippen molar-refractivity contribution < 1.29 is 28.7 Å². The van der Waals surface area contributed by atoms with E-state index in [4.69, 9.17) is 9.47 Å². The molecule has 0 atom stereocenters. The lowest BCUT2D eigenvalue weighted by atomic mass is 10.2. The Balaban J connectivity index is 1.75. The molecule has 0 bridgehead atoms. The third-order valence-electron chi connectivity index (χ3n) is 4.25. The highest BCUT2D eigenvalue weighted by atomic mass is 16.5. The predicted molar refractivity (Wildman–Crippen MR) is 105 cm³/mol. The summed E-state index contributed by atoms with van der Waals surface area (Å²) in [5, 5.41) is 5.20. The average Bonchev–Trinajstić information content (AvgIpc) is 3.02. The van der Waals surface area contributed by atoms with Gasteiger partial charge in [-0.05, 0) is 38.5 Å². The Bertz CT molecular complexity index is 749. The van der Waals surface area contributed by atoms with E-state index in [1.54, 1.807) is 18.2 Å². The number of likely N-dealkylation sites (tertiary alicyclic amines) is 1. The molecule has 2 rings (SSSR count). The molecule has 4 amide bonds. The Morgan fingerprint density at radius 1 is 1.00 bits per heavy atom. The summed E-state index contributed by atoms with van der Waals surface area (Å²) in [4.78, 5) is 48.4. The van der Waals surface area contributed by atoms with Crippen molar-refractivity contribution in [3.8, 4) is 11.5 Å². The van der Waals surface area contributed by atoms with Gasteiger partial charge in [0.1, 0.15) is 0 Å². The molecule has 1 aromatic rings. The van der Waals surface area contributed by atoms with Gasteiger partial charge in [-0.1, -0.05) is 0 Å². The number of ether oxygens (including phenoxy) is 2. The maximum atomic E-state index is 12.3. The summed E-state index contributed by atoms with van der Waals surface area (Å²) >= 11 is 0. The number of imide groups is 1. The van der Waals surface area contributed by atoms with Gasteiger partial charge in [-0.25, -0.2) is 0 Å². The second-order valence-corrected chi connectivity index (χ2v) is 6.35. The fourth-order valence-electron chi connectivity index (χ4n) is 2.85. The van der Waals surface area contributed by atoms with Crippen LogP contribution in [0.25, 0.3) is 0 Å². The largest absolute Gasteiger partial charge is 0.490 e. The van der Waals surface area contributed by atoms with Crippen molar-refractivity contribution in [2.45, 2.75) is 33.1 Å². The molecular weight excluding hydrogens is 378 g/mol. The van der Waals surface area contributed by atoms with Gasteiger partial charge in [-0.15, -0.1) is 0 Å². The van der Waals surface area contributed by atoms with Crippen molar-refractivity contribution in [1.29, 1.82) is 0 Å². The minimum atomic E-state index is -0.405. The number of hydrogen-bond acceptors (Lipinski definition) is 6. The van der Waals surface area contributed by atoms with E-state index in [1.807, 2.05) is 13.8 Å². The minimum Gasteiger partial charge on any atom is -0.490 e. The van der Waals surface area contributed by atoms with Crippen molar-refractivity contribution in [3.63, 3.8) is 0 Å². The molecule has 1 heterocycles. The molecule has 0 aromatic heterocycles. The first-order valence-corrected chi connectivity index (χ1v) is 9.74. The standard InChI is InChI=1S/C20H27N3O6/c1-3-28-15-7-6-14(12-16(15)29-4-2)20(27)22-13-17(24)21-10-5-11-23-18(25)8-9-19(23)26/h6-7,12H,3-5,8-11,13H2,1-2H3,(H,21,24)(H,22,27). The molecule has 0 spiro atoms. The first-order chi connectivity index (χ1) is 14.0. The predicted octanol–water partition coefficient (Wildman–Crippen LogP) is 0.869. The van der Waals surface area contributed by atoms with Crippen LogP contribution < -0.4 is 20.1 Å². The highest BCUT2D eigenvalue weighted by Crippen LogP contribution is 2.28. The van der Waals surface area contributed by atoms with E-state index in [1.165, 1.54) is 4.90 Å². The van der Waals surface area contributed by atoms with Crippen molar-refractivity contribution in [2.24, 2.45) is 0 Å². The number of carbonyl (C=O) groups excluding carboxylic acids is 4. The highest BCUT2D eigenvalue weighted by molar-refractivity contribution is 6.01. The van der Waals surface area contributed by atoms with Crippen molar-refractivity contribution in [1.82, 2.24) is 15.5 Å². The van der Waals surface area contributed by atoms with Crippen LogP contribution in [0.5, 0.6) is 11.5 Å². The number of carbonyl (C=O) groups is 4. The average molecular weight is 405 g/mol. The summed E-state index contributed by atoms with van der Waals surface area (Å²) < 4.78 is 11.0. The zero-order valence-electron chi connectivity index (χ0n) is 16.8. The zero-order chi connectivity index (χ0) is 21.2. The van der Waals surface area contributed by atoms with Crippen LogP contribution in [-0.2, 0) is 14.4 Å². The number of amides is 4. The van der Waals surface area contributed by atoms with E-state index < -0.39 is 5.91 Å². The van der Waals surface area contributed by atoms with Gasteiger partial charge in [0, 0.05) is 31.5 Å². The van der Waals surface area contributed by atoms with Crippen LogP contribution in [0, 0.1) is 0 Å². The summed E-state index contributed by atoms with van der Waals surface area (Å²) in [7, 11) is 0. The summed E-state index contributed by atoms with van der Waals surface area (Å²) in [5.74, 6) is -0.0763. The number of hydrogen-bond donors (Lipinski definition) is 2. The molecule has 1 aliphatic heterocycles. The summed E-state index contributed by atoms with van der Waals surface area (Å²) in [6.45, 7) is 5.02. The highest BCUT2D eigenvalue weighted by Gasteiger charge is 2.27. The Kier molecular flexibility index (Phi) is 8.45. The van der Waals surface area contributed by atoms with Crippen LogP contribution in [0.15, 0.2) is 18.2 Å². The van der Waals surface area contributed by atoms with Crippen LogP contribution in [0.2, 0.25) is 0 Å². The number of rotatable bonds is 11. The second kappa shape index (κ2) is 11.0. The normalized spacial score (nSPS) is 13.4. The lowest BCUT2D eigenvalue weighted by Gasteiger charge is -2.14. The molecule has 29 heavy (non-hydrogen) atoms. The Hall–Kier alpha value is -3.10. The van der Waals surface area contributed by atoms with E-state index in [-0.39, 0.29) is 43.7 Å². The summed E-state index contributed by atoms with van der Waals surface area (Å²) in [5.41, 5.74) is 0.357. The van der Waals surface area contributed by atoms with Crippen LogP contribution >= 0.6 is 0 Å². The maximum Gasteiger partial charge on any atom is 0.251 e. The molecule has 158 valence electrons. The molecule has 1 fully saturated rings. The molecule has 1 aliphatic rings. The van der Waals surface area contributed by atoms with Gasteiger partial charge in [-0.3, -0.25) is 24.1 Å². The quantitative estimate of drug-likeness (QED) is 0.417. The number of benzene rings is 1. The monoisotopic (exact) mass is 405 g/mol. The Morgan fingerprint density at radius 2 is 1.66 bits per heavy atom. The molecule has 0 saturated carbocycles. The molecule has 1 aromatic carbocycles. The molecule has 0 aliphatic carbocycles. The van der Waals surface area contributed by atoms with Gasteiger partial charge in [0.25, 0.3) is 5.91 Å². The van der Waals surface area contributed by atoms with Gasteiger partial charge in [0.15, 0.2) is 11.5 Å². The Labute approximate surface area is 169 Å². The van der Waals surface area contributed by atoms with Crippen LogP contribution in [0.3, 0.4) is 0 Å². The molecule has 2 N–H and O–H groups in total. The van der Waals surface area contributed by atoms with Gasteiger partial charge in [0.2, 0.25) is 17.7 Å². The third-order valence-corrected chi connectivity index (χ3v) is 4.25. The van der Waals surface area contributed by atoms with Crippen LogP contribution in [0.4, 0.5) is 0 Å². The number of nitrogens with one attached hydrogen (secondary N) is 2. The first-order valence-electron chi connectivity index (χ1n) is 9.74. The van der Waals surface area contributed by atoms with Crippen LogP contribution in [-0.4, -0.2) is 61.4 Å². The van der Waals surface area contributed by atoms with E-state index >= 15 is 0 Å². The molecule has 9 heteroatoms. The lowest BCUT2D eigenvalue weighted by Crippen LogP contribution is -2.38. The minimum absolute atomic E-state index is 0.171. The van der Waals surface area contributed by atoms with E-state index in [0.29, 0.717) is 43.2 Å². The van der Waals surface area contributed by atoms with E-state index in [0.717, 1.165) is 0 Å².